The lowest BCUT2D eigenvalue weighted by atomic mass is 10.1. The summed E-state index contributed by atoms with van der Waals surface area (Å²) in [5, 5.41) is 0. The summed E-state index contributed by atoms with van der Waals surface area (Å²) in [5.74, 6) is 0.412. The quantitative estimate of drug-likeness (QED) is 0.601. The van der Waals surface area contributed by atoms with Crippen LogP contribution in [0.1, 0.15) is 12.5 Å². The van der Waals surface area contributed by atoms with Gasteiger partial charge in [0.2, 0.25) is 0 Å². The van der Waals surface area contributed by atoms with Crippen molar-refractivity contribution in [1.82, 2.24) is 0 Å². The van der Waals surface area contributed by atoms with Gasteiger partial charge in [-0.1, -0.05) is 6.07 Å². The van der Waals surface area contributed by atoms with E-state index in [1.165, 1.54) is 7.11 Å². The van der Waals surface area contributed by atoms with Crippen LogP contribution >= 0.6 is 0 Å². The van der Waals surface area contributed by atoms with Gasteiger partial charge in [-0.05, 0) is 18.6 Å². The zero-order chi connectivity index (χ0) is 11.3. The largest absolute Gasteiger partial charge is 0.494 e. The van der Waals surface area contributed by atoms with Crippen molar-refractivity contribution in [3.63, 3.8) is 0 Å². The minimum Gasteiger partial charge on any atom is -0.494 e. The van der Waals surface area contributed by atoms with E-state index < -0.39 is 0 Å². The molecule has 4 nitrogen and oxygen atoms in total. The number of benzene rings is 1. The van der Waals surface area contributed by atoms with Gasteiger partial charge in [-0.25, -0.2) is 0 Å². The highest BCUT2D eigenvalue weighted by Gasteiger charge is 2.07. The van der Waals surface area contributed by atoms with Gasteiger partial charge in [0.15, 0.2) is 0 Å². The summed E-state index contributed by atoms with van der Waals surface area (Å²) in [5.41, 5.74) is 7.07. The summed E-state index contributed by atoms with van der Waals surface area (Å²) in [6, 6.07) is 5.27. The Balaban J connectivity index is 2.78. The zero-order valence-electron chi connectivity index (χ0n) is 8.95. The molecule has 0 bridgehead atoms. The molecule has 0 saturated heterocycles. The number of nitrogen functional groups attached to an aromatic ring is 1. The van der Waals surface area contributed by atoms with Crippen LogP contribution in [0.15, 0.2) is 18.2 Å². The van der Waals surface area contributed by atoms with E-state index in [0.717, 1.165) is 5.56 Å². The van der Waals surface area contributed by atoms with Gasteiger partial charge >= 0.3 is 5.97 Å². The minimum atomic E-state index is -0.300. The topological polar surface area (TPSA) is 61.5 Å². The van der Waals surface area contributed by atoms with Crippen LogP contribution in [0.4, 0.5) is 5.69 Å². The molecule has 0 saturated carbocycles. The Morgan fingerprint density at radius 3 is 2.73 bits per heavy atom. The summed E-state index contributed by atoms with van der Waals surface area (Å²) < 4.78 is 9.84. The van der Waals surface area contributed by atoms with Gasteiger partial charge in [-0.2, -0.15) is 0 Å². The molecule has 1 aromatic rings. The molecule has 0 atom stereocenters. The van der Waals surface area contributed by atoms with E-state index in [1.54, 1.807) is 18.2 Å². The zero-order valence-corrected chi connectivity index (χ0v) is 8.95. The number of ether oxygens (including phenoxy) is 2. The van der Waals surface area contributed by atoms with Crippen LogP contribution < -0.4 is 10.5 Å². The first kappa shape index (κ1) is 11.4. The molecule has 0 amide bonds. The lowest BCUT2D eigenvalue weighted by Crippen LogP contribution is -2.07. The van der Waals surface area contributed by atoms with Crippen molar-refractivity contribution >= 4 is 11.7 Å². The van der Waals surface area contributed by atoms with E-state index in [2.05, 4.69) is 4.74 Å². The molecular weight excluding hydrogens is 194 g/mol. The fourth-order valence-electron chi connectivity index (χ4n) is 1.22. The molecule has 0 aliphatic carbocycles. The molecule has 0 aliphatic rings. The third kappa shape index (κ3) is 3.16. The van der Waals surface area contributed by atoms with Gasteiger partial charge < -0.3 is 15.2 Å². The fourth-order valence-corrected chi connectivity index (χ4v) is 1.22. The number of rotatable bonds is 4. The number of methoxy groups -OCH3 is 1. The van der Waals surface area contributed by atoms with Crippen LogP contribution in [-0.4, -0.2) is 19.7 Å². The highest BCUT2D eigenvalue weighted by atomic mass is 16.5. The predicted molar refractivity (Wildman–Crippen MR) is 57.7 cm³/mol. The molecule has 1 rings (SSSR count). The maximum atomic E-state index is 11.0. The number of esters is 1. The van der Waals surface area contributed by atoms with Crippen LogP contribution in [0.2, 0.25) is 0 Å². The van der Waals surface area contributed by atoms with Crippen molar-refractivity contribution in [3.05, 3.63) is 23.8 Å². The Bertz CT molecular complexity index is 350. The van der Waals surface area contributed by atoms with Crippen molar-refractivity contribution < 1.29 is 14.3 Å². The molecule has 0 radical (unpaired) electrons. The molecule has 0 spiro atoms. The first-order valence-corrected chi connectivity index (χ1v) is 4.75. The molecular formula is C11H15NO3. The Kier molecular flexibility index (Phi) is 3.97. The van der Waals surface area contributed by atoms with Crippen molar-refractivity contribution in [2.75, 3.05) is 19.5 Å². The number of carbonyl (C=O) groups excluding carboxylic acids is 1. The predicted octanol–water partition coefficient (Wildman–Crippen LogP) is 1.38. The van der Waals surface area contributed by atoms with Crippen LogP contribution in [0.25, 0.3) is 0 Å². The third-order valence-corrected chi connectivity index (χ3v) is 1.99. The standard InChI is InChI=1S/C11H15NO3/c1-3-15-9-5-4-8(10(12)7-9)6-11(13)14-2/h4-5,7H,3,6,12H2,1-2H3. The summed E-state index contributed by atoms with van der Waals surface area (Å²) in [6.45, 7) is 2.49. The molecule has 15 heavy (non-hydrogen) atoms. The second-order valence-electron chi connectivity index (χ2n) is 3.05. The Hall–Kier alpha value is -1.71. The van der Waals surface area contributed by atoms with E-state index in [0.29, 0.717) is 18.0 Å². The summed E-state index contributed by atoms with van der Waals surface area (Å²) >= 11 is 0. The summed E-state index contributed by atoms with van der Waals surface area (Å²) in [6.07, 6.45) is 0.189. The van der Waals surface area contributed by atoms with Gasteiger partial charge in [-0.3, -0.25) is 4.79 Å². The number of hydrogen-bond acceptors (Lipinski definition) is 4. The molecule has 0 aromatic heterocycles. The van der Waals surface area contributed by atoms with E-state index in [-0.39, 0.29) is 12.4 Å². The second kappa shape index (κ2) is 5.24. The average molecular weight is 209 g/mol. The van der Waals surface area contributed by atoms with Gasteiger partial charge in [0.1, 0.15) is 5.75 Å². The van der Waals surface area contributed by atoms with Gasteiger partial charge in [0.25, 0.3) is 0 Å². The van der Waals surface area contributed by atoms with Gasteiger partial charge in [0, 0.05) is 11.8 Å². The van der Waals surface area contributed by atoms with Gasteiger partial charge in [-0.15, -0.1) is 0 Å². The molecule has 1 aromatic carbocycles. The molecule has 2 N–H and O–H groups in total. The first-order chi connectivity index (χ1) is 7.17. The molecule has 0 heterocycles. The minimum absolute atomic E-state index is 0.189. The monoisotopic (exact) mass is 209 g/mol. The lowest BCUT2D eigenvalue weighted by Gasteiger charge is -2.07. The van der Waals surface area contributed by atoms with Gasteiger partial charge in [0.05, 0.1) is 20.1 Å². The molecule has 4 heteroatoms. The average Bonchev–Trinajstić information content (AvgIpc) is 2.22. The van der Waals surface area contributed by atoms with Crippen LogP contribution in [0.5, 0.6) is 5.75 Å². The first-order valence-electron chi connectivity index (χ1n) is 4.75. The lowest BCUT2D eigenvalue weighted by molar-refractivity contribution is -0.139. The van der Waals surface area contributed by atoms with E-state index in [9.17, 15) is 4.79 Å². The molecule has 0 aliphatic heterocycles. The van der Waals surface area contributed by atoms with E-state index in [1.807, 2.05) is 6.92 Å². The normalized spacial score (nSPS) is 9.73. The SMILES string of the molecule is CCOc1ccc(CC(=O)OC)c(N)c1. The van der Waals surface area contributed by atoms with E-state index >= 15 is 0 Å². The molecule has 0 unspecified atom stereocenters. The fraction of sp³-hybridized carbons (Fsp3) is 0.364. The highest BCUT2D eigenvalue weighted by molar-refractivity contribution is 5.75. The summed E-state index contributed by atoms with van der Waals surface area (Å²) in [7, 11) is 1.35. The Morgan fingerprint density at radius 2 is 2.20 bits per heavy atom. The Labute approximate surface area is 89.0 Å². The van der Waals surface area contributed by atoms with Crippen molar-refractivity contribution in [1.29, 1.82) is 0 Å². The van der Waals surface area contributed by atoms with Crippen molar-refractivity contribution in [2.24, 2.45) is 0 Å². The number of carbonyl (C=O) groups is 1. The van der Waals surface area contributed by atoms with Crippen molar-refractivity contribution in [3.8, 4) is 5.75 Å². The van der Waals surface area contributed by atoms with E-state index in [4.69, 9.17) is 10.5 Å². The smallest absolute Gasteiger partial charge is 0.310 e. The number of anilines is 1. The second-order valence-corrected chi connectivity index (χ2v) is 3.05. The maximum Gasteiger partial charge on any atom is 0.310 e. The van der Waals surface area contributed by atoms with Crippen molar-refractivity contribution in [2.45, 2.75) is 13.3 Å². The maximum absolute atomic E-state index is 11.0. The molecule has 0 fully saturated rings. The Morgan fingerprint density at radius 1 is 1.47 bits per heavy atom. The van der Waals surface area contributed by atoms with Crippen LogP contribution in [0.3, 0.4) is 0 Å². The summed E-state index contributed by atoms with van der Waals surface area (Å²) in [4.78, 5) is 11.0. The van der Waals surface area contributed by atoms with Crippen LogP contribution in [-0.2, 0) is 16.0 Å². The van der Waals surface area contributed by atoms with Crippen LogP contribution in [0, 0.1) is 0 Å². The number of nitrogens with two attached hydrogens (primary N) is 1. The number of hydrogen-bond donors (Lipinski definition) is 1. The third-order valence-electron chi connectivity index (χ3n) is 1.99. The highest BCUT2D eigenvalue weighted by Crippen LogP contribution is 2.20. The molecule has 82 valence electrons.